The van der Waals surface area contributed by atoms with E-state index in [4.69, 9.17) is 0 Å². The fraction of sp³-hybridized carbons (Fsp3) is 0.438. The maximum atomic E-state index is 12.3. The molecule has 19 heavy (non-hydrogen) atoms. The van der Waals surface area contributed by atoms with E-state index in [2.05, 4.69) is 39.8 Å². The summed E-state index contributed by atoms with van der Waals surface area (Å²) in [6.45, 7) is 2.58. The summed E-state index contributed by atoms with van der Waals surface area (Å²) in [5.74, 6) is 0.693. The van der Waals surface area contributed by atoms with Crippen LogP contribution in [0.2, 0.25) is 0 Å². The highest BCUT2D eigenvalue weighted by Crippen LogP contribution is 2.30. The summed E-state index contributed by atoms with van der Waals surface area (Å²) in [5, 5.41) is 1.29. The molecular weight excluding hydrogens is 236 g/mol. The van der Waals surface area contributed by atoms with Crippen molar-refractivity contribution in [3.8, 4) is 0 Å². The Balaban J connectivity index is 1.64. The maximum Gasteiger partial charge on any atom is 0.226 e. The van der Waals surface area contributed by atoms with Crippen molar-refractivity contribution in [3.05, 3.63) is 36.0 Å². The Kier molecular flexibility index (Phi) is 2.40. The molecule has 0 radical (unpaired) electrons. The van der Waals surface area contributed by atoms with Gasteiger partial charge in [0.1, 0.15) is 0 Å². The van der Waals surface area contributed by atoms with Gasteiger partial charge in [-0.1, -0.05) is 24.6 Å². The van der Waals surface area contributed by atoms with Gasteiger partial charge in [0.05, 0.1) is 6.54 Å². The van der Waals surface area contributed by atoms with Crippen LogP contribution < -0.4 is 0 Å². The molecule has 2 aromatic rings. The molecule has 1 aromatic carbocycles. The molecule has 0 bridgehead atoms. The Hall–Kier alpha value is -1.77. The molecule has 0 saturated heterocycles. The first-order valence-corrected chi connectivity index (χ1v) is 7.19. The lowest BCUT2D eigenvalue weighted by molar-refractivity contribution is -0.139. The van der Waals surface area contributed by atoms with Crippen LogP contribution >= 0.6 is 0 Å². The number of hydrogen-bond donors (Lipinski definition) is 0. The molecule has 1 fully saturated rings. The summed E-state index contributed by atoms with van der Waals surface area (Å²) >= 11 is 0. The second-order valence-electron chi connectivity index (χ2n) is 5.73. The highest BCUT2D eigenvalue weighted by Gasteiger charge is 2.31. The Bertz CT molecular complexity index is 639. The van der Waals surface area contributed by atoms with E-state index in [1.54, 1.807) is 0 Å². The number of aromatic nitrogens is 1. The first kappa shape index (κ1) is 11.1. The quantitative estimate of drug-likeness (QED) is 0.768. The van der Waals surface area contributed by atoms with Crippen LogP contribution in [0.15, 0.2) is 30.3 Å². The van der Waals surface area contributed by atoms with Crippen LogP contribution in [0.3, 0.4) is 0 Å². The molecule has 3 nitrogen and oxygen atoms in total. The molecule has 98 valence electrons. The minimum Gasteiger partial charge on any atom is -0.341 e. The fourth-order valence-corrected chi connectivity index (χ4v) is 3.26. The highest BCUT2D eigenvalue weighted by atomic mass is 16.2. The van der Waals surface area contributed by atoms with Gasteiger partial charge in [-0.25, -0.2) is 0 Å². The lowest BCUT2D eigenvalue weighted by Crippen LogP contribution is -2.43. The number of carbonyl (C=O) groups excluding carboxylic acids is 1. The van der Waals surface area contributed by atoms with Crippen molar-refractivity contribution >= 4 is 16.8 Å². The molecule has 1 aromatic heterocycles. The average molecular weight is 254 g/mol. The molecule has 3 heteroatoms. The molecule has 1 amide bonds. The maximum absolute atomic E-state index is 12.3. The fourth-order valence-electron chi connectivity index (χ4n) is 3.26. The number of para-hydroxylation sites is 1. The Morgan fingerprint density at radius 2 is 2.00 bits per heavy atom. The molecule has 0 spiro atoms. The largest absolute Gasteiger partial charge is 0.341 e. The van der Waals surface area contributed by atoms with Crippen molar-refractivity contribution < 1.29 is 4.79 Å². The molecular formula is C16H18N2O. The van der Waals surface area contributed by atoms with Crippen molar-refractivity contribution in [3.63, 3.8) is 0 Å². The second-order valence-corrected chi connectivity index (χ2v) is 5.73. The van der Waals surface area contributed by atoms with E-state index in [0.717, 1.165) is 32.5 Å². The third-order valence-corrected chi connectivity index (χ3v) is 4.61. The summed E-state index contributed by atoms with van der Waals surface area (Å²) in [7, 11) is 0. The molecule has 4 rings (SSSR count). The molecule has 0 atom stereocenters. The van der Waals surface area contributed by atoms with E-state index in [1.165, 1.54) is 23.0 Å². The van der Waals surface area contributed by atoms with E-state index in [1.807, 2.05) is 0 Å². The molecule has 1 aliphatic heterocycles. The molecule has 1 aliphatic carbocycles. The summed E-state index contributed by atoms with van der Waals surface area (Å²) in [6.07, 6.45) is 3.42. The first-order valence-electron chi connectivity index (χ1n) is 7.19. The Morgan fingerprint density at radius 3 is 2.79 bits per heavy atom. The molecule has 2 heterocycles. The lowest BCUT2D eigenvalue weighted by Gasteiger charge is -2.34. The van der Waals surface area contributed by atoms with Crippen LogP contribution in [0, 0.1) is 5.92 Å². The van der Waals surface area contributed by atoms with Gasteiger partial charge in [0.15, 0.2) is 0 Å². The number of carbonyl (C=O) groups is 1. The molecule has 0 unspecified atom stereocenters. The Labute approximate surface area is 112 Å². The third kappa shape index (κ3) is 1.68. The number of fused-ring (bicyclic) bond motifs is 3. The monoisotopic (exact) mass is 254 g/mol. The average Bonchev–Trinajstić information content (AvgIpc) is 2.74. The van der Waals surface area contributed by atoms with Crippen LogP contribution in [-0.2, 0) is 17.9 Å². The van der Waals surface area contributed by atoms with Crippen molar-refractivity contribution in [1.82, 2.24) is 9.47 Å². The number of rotatable bonds is 1. The van der Waals surface area contributed by atoms with Crippen molar-refractivity contribution in [2.45, 2.75) is 32.4 Å². The molecule has 0 N–H and O–H groups in total. The molecule has 1 saturated carbocycles. The van der Waals surface area contributed by atoms with E-state index < -0.39 is 0 Å². The van der Waals surface area contributed by atoms with Gasteiger partial charge in [-0.2, -0.15) is 0 Å². The van der Waals surface area contributed by atoms with Gasteiger partial charge in [-0.3, -0.25) is 4.79 Å². The summed E-state index contributed by atoms with van der Waals surface area (Å²) in [4.78, 5) is 14.4. The zero-order valence-electron chi connectivity index (χ0n) is 11.0. The van der Waals surface area contributed by atoms with Crippen molar-refractivity contribution in [2.24, 2.45) is 5.92 Å². The minimum absolute atomic E-state index is 0.316. The van der Waals surface area contributed by atoms with Gasteiger partial charge in [-0.15, -0.1) is 0 Å². The highest BCUT2D eigenvalue weighted by molar-refractivity contribution is 5.83. The van der Waals surface area contributed by atoms with E-state index >= 15 is 0 Å². The number of nitrogens with zero attached hydrogens (tertiary/aromatic N) is 2. The van der Waals surface area contributed by atoms with Gasteiger partial charge >= 0.3 is 0 Å². The summed E-state index contributed by atoms with van der Waals surface area (Å²) < 4.78 is 2.36. The zero-order chi connectivity index (χ0) is 12.8. The van der Waals surface area contributed by atoms with E-state index in [0.29, 0.717) is 11.8 Å². The smallest absolute Gasteiger partial charge is 0.226 e. The van der Waals surface area contributed by atoms with Crippen LogP contribution in [0.1, 0.15) is 25.0 Å². The van der Waals surface area contributed by atoms with Crippen LogP contribution in [-0.4, -0.2) is 21.9 Å². The van der Waals surface area contributed by atoms with E-state index in [-0.39, 0.29) is 0 Å². The van der Waals surface area contributed by atoms with E-state index in [9.17, 15) is 4.79 Å². The first-order chi connectivity index (χ1) is 9.33. The normalized spacial score (nSPS) is 19.3. The van der Waals surface area contributed by atoms with Crippen LogP contribution in [0.5, 0.6) is 0 Å². The summed E-state index contributed by atoms with van der Waals surface area (Å²) in [5.41, 5.74) is 2.58. The molecule has 2 aliphatic rings. The minimum atomic E-state index is 0.316. The Morgan fingerprint density at radius 1 is 1.16 bits per heavy atom. The number of amides is 1. The van der Waals surface area contributed by atoms with Crippen molar-refractivity contribution in [1.29, 1.82) is 0 Å². The predicted molar refractivity (Wildman–Crippen MR) is 74.7 cm³/mol. The zero-order valence-corrected chi connectivity index (χ0v) is 11.0. The second kappa shape index (κ2) is 4.12. The topological polar surface area (TPSA) is 25.2 Å². The van der Waals surface area contributed by atoms with Crippen molar-refractivity contribution in [2.75, 3.05) is 6.54 Å². The van der Waals surface area contributed by atoms with Gasteiger partial charge in [0.2, 0.25) is 5.91 Å². The third-order valence-electron chi connectivity index (χ3n) is 4.61. The van der Waals surface area contributed by atoms with Gasteiger partial charge in [0.25, 0.3) is 0 Å². The van der Waals surface area contributed by atoms with Gasteiger partial charge < -0.3 is 9.47 Å². The standard InChI is InChI=1S/C16H18N2O/c19-16(12-5-3-6-12)17-8-9-18-14(11-17)10-13-4-1-2-7-15(13)18/h1-2,4,7,10,12H,3,5-6,8-9,11H2. The SMILES string of the molecule is O=C(C1CCC1)N1CCn2c(cc3ccccc32)C1. The number of benzene rings is 1. The van der Waals surface area contributed by atoms with Gasteiger partial charge in [-0.05, 0) is 30.4 Å². The van der Waals surface area contributed by atoms with Gasteiger partial charge in [0, 0.05) is 30.2 Å². The number of hydrogen-bond acceptors (Lipinski definition) is 1. The van der Waals surface area contributed by atoms with Crippen LogP contribution in [0.4, 0.5) is 0 Å². The van der Waals surface area contributed by atoms with Crippen LogP contribution in [0.25, 0.3) is 10.9 Å². The lowest BCUT2D eigenvalue weighted by atomic mass is 9.84. The predicted octanol–water partition coefficient (Wildman–Crippen LogP) is 2.78. The summed E-state index contributed by atoms with van der Waals surface area (Å²) in [6, 6.07) is 10.7.